The van der Waals surface area contributed by atoms with Crippen molar-refractivity contribution in [3.63, 3.8) is 0 Å². The fourth-order valence-corrected chi connectivity index (χ4v) is 3.60. The van der Waals surface area contributed by atoms with E-state index in [1.54, 1.807) is 5.56 Å². The molecule has 1 aromatic rings. The molecular weight excluding hydrogens is 230 g/mol. The van der Waals surface area contributed by atoms with Gasteiger partial charge in [-0.1, -0.05) is 43.2 Å². The summed E-state index contributed by atoms with van der Waals surface area (Å²) in [6, 6.07) is 8.93. The Morgan fingerprint density at radius 1 is 1.18 bits per heavy atom. The summed E-state index contributed by atoms with van der Waals surface area (Å²) < 4.78 is 0. The molecule has 17 heavy (non-hydrogen) atoms. The van der Waals surface area contributed by atoms with Gasteiger partial charge in [-0.05, 0) is 41.4 Å². The van der Waals surface area contributed by atoms with Gasteiger partial charge in [0.2, 0.25) is 0 Å². The Morgan fingerprint density at radius 2 is 1.88 bits per heavy atom. The van der Waals surface area contributed by atoms with Crippen LogP contribution < -0.4 is 5.73 Å². The molecule has 0 saturated heterocycles. The van der Waals surface area contributed by atoms with Gasteiger partial charge in [0.25, 0.3) is 0 Å². The summed E-state index contributed by atoms with van der Waals surface area (Å²) in [7, 11) is 0. The molecule has 0 heterocycles. The molecule has 0 aromatic heterocycles. The minimum absolute atomic E-state index is 0. The number of halogens is 1. The molecule has 1 nitrogen and oxygen atoms in total. The van der Waals surface area contributed by atoms with E-state index in [2.05, 4.69) is 30.3 Å². The predicted molar refractivity (Wildman–Crippen MR) is 75.5 cm³/mol. The average Bonchev–Trinajstić information content (AvgIpc) is 2.89. The molecule has 0 atom stereocenters. The van der Waals surface area contributed by atoms with Gasteiger partial charge in [-0.3, -0.25) is 0 Å². The summed E-state index contributed by atoms with van der Waals surface area (Å²) in [5.74, 6) is 0. The molecule has 0 amide bonds. The van der Waals surface area contributed by atoms with Crippen molar-refractivity contribution in [3.05, 3.63) is 41.5 Å². The highest BCUT2D eigenvalue weighted by molar-refractivity contribution is 5.85. The summed E-state index contributed by atoms with van der Waals surface area (Å²) in [6.45, 7) is 0.666. The Labute approximate surface area is 110 Å². The number of fused-ring (bicyclic) bond motifs is 2. The van der Waals surface area contributed by atoms with Crippen molar-refractivity contribution in [2.24, 2.45) is 5.73 Å². The average molecular weight is 250 g/mol. The van der Waals surface area contributed by atoms with E-state index in [1.165, 1.54) is 43.2 Å². The lowest BCUT2D eigenvalue weighted by molar-refractivity contribution is 0.469. The predicted octanol–water partition coefficient (Wildman–Crippen LogP) is 3.67. The van der Waals surface area contributed by atoms with Crippen LogP contribution in [-0.4, -0.2) is 6.54 Å². The first kappa shape index (κ1) is 12.7. The Hall–Kier alpha value is -0.790. The van der Waals surface area contributed by atoms with E-state index in [0.717, 1.165) is 0 Å². The van der Waals surface area contributed by atoms with E-state index >= 15 is 0 Å². The molecule has 2 heteroatoms. The SMILES string of the molecule is Cl.NCC=C1CC2(CCCC2)c2ccccc21. The fraction of sp³-hybridized carbons (Fsp3) is 0.467. The maximum Gasteiger partial charge on any atom is 0.0112 e. The molecule has 0 aliphatic heterocycles. The molecule has 2 aliphatic carbocycles. The highest BCUT2D eigenvalue weighted by atomic mass is 35.5. The molecule has 92 valence electrons. The van der Waals surface area contributed by atoms with Crippen molar-refractivity contribution in [2.45, 2.75) is 37.5 Å². The van der Waals surface area contributed by atoms with Crippen LogP contribution in [0.15, 0.2) is 30.3 Å². The van der Waals surface area contributed by atoms with Crippen molar-refractivity contribution in [1.29, 1.82) is 0 Å². The van der Waals surface area contributed by atoms with Crippen LogP contribution in [0.1, 0.15) is 43.2 Å². The van der Waals surface area contributed by atoms with Gasteiger partial charge < -0.3 is 5.73 Å². The van der Waals surface area contributed by atoms with E-state index in [4.69, 9.17) is 5.73 Å². The Bertz CT molecular complexity index is 430. The lowest BCUT2D eigenvalue weighted by atomic mass is 9.80. The zero-order valence-electron chi connectivity index (χ0n) is 10.1. The lowest BCUT2D eigenvalue weighted by Crippen LogP contribution is -2.17. The first-order valence-corrected chi connectivity index (χ1v) is 6.35. The van der Waals surface area contributed by atoms with Crippen molar-refractivity contribution < 1.29 is 0 Å². The number of hydrogen-bond acceptors (Lipinski definition) is 1. The molecular formula is C15H20ClN. The molecule has 1 spiro atoms. The second-order valence-electron chi connectivity index (χ2n) is 5.17. The van der Waals surface area contributed by atoms with Crippen molar-refractivity contribution in [2.75, 3.05) is 6.54 Å². The van der Waals surface area contributed by atoms with Crippen LogP contribution in [0.2, 0.25) is 0 Å². The van der Waals surface area contributed by atoms with Crippen LogP contribution >= 0.6 is 12.4 Å². The largest absolute Gasteiger partial charge is 0.327 e. The third-order valence-corrected chi connectivity index (χ3v) is 4.30. The van der Waals surface area contributed by atoms with Gasteiger partial charge in [0.15, 0.2) is 0 Å². The molecule has 3 rings (SSSR count). The second kappa shape index (κ2) is 4.83. The van der Waals surface area contributed by atoms with Gasteiger partial charge in [0, 0.05) is 6.54 Å². The number of rotatable bonds is 1. The summed E-state index contributed by atoms with van der Waals surface area (Å²) in [5.41, 5.74) is 10.7. The van der Waals surface area contributed by atoms with Gasteiger partial charge in [0.05, 0.1) is 0 Å². The third-order valence-electron chi connectivity index (χ3n) is 4.30. The summed E-state index contributed by atoms with van der Waals surface area (Å²) in [4.78, 5) is 0. The normalized spacial score (nSPS) is 22.8. The molecule has 2 N–H and O–H groups in total. The van der Waals surface area contributed by atoms with E-state index in [-0.39, 0.29) is 12.4 Å². The van der Waals surface area contributed by atoms with Gasteiger partial charge in [-0.25, -0.2) is 0 Å². The zero-order chi connectivity index (χ0) is 11.0. The Balaban J connectivity index is 0.00000108. The number of allylic oxidation sites excluding steroid dienone is 1. The number of benzene rings is 1. The monoisotopic (exact) mass is 249 g/mol. The summed E-state index contributed by atoms with van der Waals surface area (Å²) in [6.07, 6.45) is 8.96. The molecule has 0 unspecified atom stereocenters. The van der Waals surface area contributed by atoms with Gasteiger partial charge in [-0.15, -0.1) is 12.4 Å². The first-order valence-electron chi connectivity index (χ1n) is 6.35. The van der Waals surface area contributed by atoms with E-state index in [1.807, 2.05) is 0 Å². The van der Waals surface area contributed by atoms with Crippen LogP contribution in [0.5, 0.6) is 0 Å². The number of nitrogens with two attached hydrogens (primary N) is 1. The smallest absolute Gasteiger partial charge is 0.0112 e. The standard InChI is InChI=1S/C15H19N.ClH/c16-10-7-12-11-15(8-3-4-9-15)14-6-2-1-5-13(12)14;/h1-2,5-7H,3-4,8-11,16H2;1H. The maximum absolute atomic E-state index is 5.68. The fourth-order valence-electron chi connectivity index (χ4n) is 3.60. The molecule has 1 aromatic carbocycles. The quantitative estimate of drug-likeness (QED) is 0.808. The van der Waals surface area contributed by atoms with E-state index in [9.17, 15) is 0 Å². The van der Waals surface area contributed by atoms with Crippen LogP contribution in [0, 0.1) is 0 Å². The zero-order valence-corrected chi connectivity index (χ0v) is 10.9. The van der Waals surface area contributed by atoms with Crippen LogP contribution in [0.3, 0.4) is 0 Å². The van der Waals surface area contributed by atoms with E-state index < -0.39 is 0 Å². The summed E-state index contributed by atoms with van der Waals surface area (Å²) in [5, 5.41) is 0. The van der Waals surface area contributed by atoms with Crippen molar-refractivity contribution >= 4 is 18.0 Å². The second-order valence-corrected chi connectivity index (χ2v) is 5.17. The minimum atomic E-state index is 0. The highest BCUT2D eigenvalue weighted by Crippen LogP contribution is 2.54. The summed E-state index contributed by atoms with van der Waals surface area (Å²) >= 11 is 0. The number of hydrogen-bond donors (Lipinski definition) is 1. The van der Waals surface area contributed by atoms with Crippen LogP contribution in [0.25, 0.3) is 5.57 Å². The Kier molecular flexibility index (Phi) is 3.60. The Morgan fingerprint density at radius 3 is 2.59 bits per heavy atom. The lowest BCUT2D eigenvalue weighted by Gasteiger charge is -2.23. The van der Waals surface area contributed by atoms with Crippen LogP contribution in [0.4, 0.5) is 0 Å². The van der Waals surface area contributed by atoms with E-state index in [0.29, 0.717) is 12.0 Å². The maximum atomic E-state index is 5.68. The highest BCUT2D eigenvalue weighted by Gasteiger charge is 2.42. The van der Waals surface area contributed by atoms with Crippen LogP contribution in [-0.2, 0) is 5.41 Å². The molecule has 1 fully saturated rings. The molecule has 0 radical (unpaired) electrons. The van der Waals surface area contributed by atoms with Gasteiger partial charge in [0.1, 0.15) is 0 Å². The van der Waals surface area contributed by atoms with Crippen molar-refractivity contribution in [1.82, 2.24) is 0 Å². The molecule has 0 bridgehead atoms. The first-order chi connectivity index (χ1) is 7.86. The van der Waals surface area contributed by atoms with Crippen molar-refractivity contribution in [3.8, 4) is 0 Å². The molecule has 2 aliphatic rings. The molecule has 1 saturated carbocycles. The minimum Gasteiger partial charge on any atom is -0.327 e. The topological polar surface area (TPSA) is 26.0 Å². The van der Waals surface area contributed by atoms with Gasteiger partial charge >= 0.3 is 0 Å². The van der Waals surface area contributed by atoms with Gasteiger partial charge in [-0.2, -0.15) is 0 Å². The third kappa shape index (κ3) is 1.92.